The molecule has 21 heavy (non-hydrogen) atoms. The largest absolute Gasteiger partial charge is 0.350 e. The molecule has 116 valence electrons. The van der Waals surface area contributed by atoms with E-state index in [9.17, 15) is 9.59 Å². The summed E-state index contributed by atoms with van der Waals surface area (Å²) < 4.78 is 0. The predicted octanol–water partition coefficient (Wildman–Crippen LogP) is 2.20. The third-order valence-electron chi connectivity index (χ3n) is 3.01. The average molecular weight is 291 g/mol. The fraction of sp³-hybridized carbons (Fsp3) is 0.500. The van der Waals surface area contributed by atoms with Crippen molar-refractivity contribution in [2.24, 2.45) is 5.73 Å². The van der Waals surface area contributed by atoms with Gasteiger partial charge in [-0.2, -0.15) is 0 Å². The molecular formula is C16H25N3O2. The number of hydrogen-bond acceptors (Lipinski definition) is 3. The van der Waals surface area contributed by atoms with E-state index in [0.717, 1.165) is 5.56 Å². The van der Waals surface area contributed by atoms with Crippen LogP contribution in [-0.2, 0) is 4.79 Å². The maximum atomic E-state index is 12.1. The number of aryl methyl sites for hydroxylation is 1. The van der Waals surface area contributed by atoms with Crippen LogP contribution in [0.1, 0.15) is 49.5 Å². The number of amides is 2. The number of hydrogen-bond donors (Lipinski definition) is 3. The minimum absolute atomic E-state index is 0.00106. The van der Waals surface area contributed by atoms with Crippen LogP contribution in [0, 0.1) is 6.92 Å². The summed E-state index contributed by atoms with van der Waals surface area (Å²) in [7, 11) is 0. The molecule has 1 rings (SSSR count). The molecule has 0 aliphatic carbocycles. The number of carbonyl (C=O) groups is 2. The zero-order valence-corrected chi connectivity index (χ0v) is 13.2. The van der Waals surface area contributed by atoms with Crippen molar-refractivity contribution in [3.8, 4) is 0 Å². The number of carbonyl (C=O) groups excluding carboxylic acids is 2. The Bertz CT molecular complexity index is 510. The number of nitrogens with two attached hydrogens (primary N) is 1. The van der Waals surface area contributed by atoms with Crippen LogP contribution in [0.15, 0.2) is 18.2 Å². The summed E-state index contributed by atoms with van der Waals surface area (Å²) in [6.07, 6.45) is 1.01. The smallest absolute Gasteiger partial charge is 0.251 e. The minimum atomic E-state index is -0.130. The fourth-order valence-electron chi connectivity index (χ4n) is 1.87. The van der Waals surface area contributed by atoms with Gasteiger partial charge in [0.15, 0.2) is 0 Å². The Hall–Kier alpha value is -1.88. The Kier molecular flexibility index (Phi) is 6.37. The van der Waals surface area contributed by atoms with Gasteiger partial charge < -0.3 is 16.4 Å². The van der Waals surface area contributed by atoms with Crippen LogP contribution in [0.3, 0.4) is 0 Å². The molecule has 0 saturated heterocycles. The van der Waals surface area contributed by atoms with Crippen LogP contribution in [0.5, 0.6) is 0 Å². The van der Waals surface area contributed by atoms with Crippen LogP contribution in [0.4, 0.5) is 5.69 Å². The second-order valence-electron chi connectivity index (χ2n) is 5.72. The van der Waals surface area contributed by atoms with Crippen LogP contribution >= 0.6 is 0 Å². The van der Waals surface area contributed by atoms with E-state index < -0.39 is 0 Å². The molecule has 5 nitrogen and oxygen atoms in total. The highest BCUT2D eigenvalue weighted by molar-refractivity contribution is 5.98. The molecule has 4 N–H and O–H groups in total. The number of anilines is 1. The van der Waals surface area contributed by atoms with E-state index >= 15 is 0 Å². The van der Waals surface area contributed by atoms with Crippen molar-refractivity contribution in [2.75, 3.05) is 5.32 Å². The lowest BCUT2D eigenvalue weighted by Crippen LogP contribution is -2.30. The molecular weight excluding hydrogens is 266 g/mol. The first-order valence-corrected chi connectivity index (χ1v) is 7.26. The molecule has 1 aromatic carbocycles. The molecule has 0 heterocycles. The predicted molar refractivity (Wildman–Crippen MR) is 85.3 cm³/mol. The highest BCUT2D eigenvalue weighted by Crippen LogP contribution is 2.16. The van der Waals surface area contributed by atoms with Gasteiger partial charge in [0.1, 0.15) is 0 Å². The Morgan fingerprint density at radius 2 is 1.90 bits per heavy atom. The second-order valence-corrected chi connectivity index (χ2v) is 5.72. The van der Waals surface area contributed by atoms with Gasteiger partial charge >= 0.3 is 0 Å². The summed E-state index contributed by atoms with van der Waals surface area (Å²) in [6, 6.07) is 5.40. The lowest BCUT2D eigenvalue weighted by molar-refractivity contribution is -0.116. The SMILES string of the molecule is Cc1ccc(NC(=O)CCC(C)N)cc1C(=O)NC(C)C. The summed E-state index contributed by atoms with van der Waals surface area (Å²) in [5.74, 6) is -0.222. The Balaban J connectivity index is 2.77. The van der Waals surface area contributed by atoms with Crippen LogP contribution in [-0.4, -0.2) is 23.9 Å². The molecule has 2 amide bonds. The summed E-state index contributed by atoms with van der Waals surface area (Å²) in [4.78, 5) is 23.9. The molecule has 0 fully saturated rings. The van der Waals surface area contributed by atoms with Crippen molar-refractivity contribution in [1.82, 2.24) is 5.32 Å². The van der Waals surface area contributed by atoms with Crippen molar-refractivity contribution in [1.29, 1.82) is 0 Å². The van der Waals surface area contributed by atoms with E-state index in [2.05, 4.69) is 10.6 Å². The first kappa shape index (κ1) is 17.2. The fourth-order valence-corrected chi connectivity index (χ4v) is 1.87. The van der Waals surface area contributed by atoms with Gasteiger partial charge in [0.05, 0.1) is 0 Å². The maximum absolute atomic E-state index is 12.1. The Morgan fingerprint density at radius 3 is 2.48 bits per heavy atom. The van der Waals surface area contributed by atoms with E-state index in [4.69, 9.17) is 5.73 Å². The quantitative estimate of drug-likeness (QED) is 0.751. The molecule has 0 saturated carbocycles. The summed E-state index contributed by atoms with van der Waals surface area (Å²) >= 11 is 0. The monoisotopic (exact) mass is 291 g/mol. The van der Waals surface area contributed by atoms with Crippen molar-refractivity contribution >= 4 is 17.5 Å². The number of nitrogens with one attached hydrogen (secondary N) is 2. The highest BCUT2D eigenvalue weighted by atomic mass is 16.2. The summed E-state index contributed by atoms with van der Waals surface area (Å²) in [5, 5.41) is 5.65. The van der Waals surface area contributed by atoms with Crippen LogP contribution in [0.2, 0.25) is 0 Å². The van der Waals surface area contributed by atoms with Gasteiger partial charge in [-0.15, -0.1) is 0 Å². The second kappa shape index (κ2) is 7.78. The van der Waals surface area contributed by atoms with E-state index in [1.807, 2.05) is 33.8 Å². The molecule has 0 spiro atoms. The summed E-state index contributed by atoms with van der Waals surface area (Å²) in [6.45, 7) is 7.56. The van der Waals surface area contributed by atoms with Gasteiger partial charge in [0, 0.05) is 29.8 Å². The van der Waals surface area contributed by atoms with Gasteiger partial charge in [0.25, 0.3) is 5.91 Å². The van der Waals surface area contributed by atoms with Crippen LogP contribution in [0.25, 0.3) is 0 Å². The first-order valence-electron chi connectivity index (χ1n) is 7.26. The van der Waals surface area contributed by atoms with Gasteiger partial charge in [-0.3, -0.25) is 9.59 Å². The van der Waals surface area contributed by atoms with E-state index in [0.29, 0.717) is 24.1 Å². The number of benzene rings is 1. The lowest BCUT2D eigenvalue weighted by atomic mass is 10.1. The van der Waals surface area contributed by atoms with E-state index in [1.54, 1.807) is 12.1 Å². The normalized spacial score (nSPS) is 12.1. The Morgan fingerprint density at radius 1 is 1.24 bits per heavy atom. The zero-order valence-electron chi connectivity index (χ0n) is 13.2. The molecule has 0 aliphatic rings. The average Bonchev–Trinajstić information content (AvgIpc) is 2.37. The molecule has 1 aromatic rings. The lowest BCUT2D eigenvalue weighted by Gasteiger charge is -2.13. The van der Waals surface area contributed by atoms with Crippen molar-refractivity contribution < 1.29 is 9.59 Å². The third-order valence-corrected chi connectivity index (χ3v) is 3.01. The Labute approximate surface area is 126 Å². The summed E-state index contributed by atoms with van der Waals surface area (Å²) in [5.41, 5.74) is 7.71. The molecule has 0 aromatic heterocycles. The highest BCUT2D eigenvalue weighted by Gasteiger charge is 2.12. The van der Waals surface area contributed by atoms with Crippen molar-refractivity contribution in [3.63, 3.8) is 0 Å². The third kappa shape index (κ3) is 5.95. The van der Waals surface area contributed by atoms with E-state index in [-0.39, 0.29) is 23.9 Å². The van der Waals surface area contributed by atoms with E-state index in [1.165, 1.54) is 0 Å². The molecule has 0 aliphatic heterocycles. The molecule has 1 unspecified atom stereocenters. The van der Waals surface area contributed by atoms with Crippen molar-refractivity contribution in [3.05, 3.63) is 29.3 Å². The van der Waals surface area contributed by atoms with Gasteiger partial charge in [-0.05, 0) is 51.8 Å². The molecule has 1 atom stereocenters. The number of rotatable bonds is 6. The maximum Gasteiger partial charge on any atom is 0.251 e. The van der Waals surface area contributed by atoms with Gasteiger partial charge in [0.2, 0.25) is 5.91 Å². The topological polar surface area (TPSA) is 84.2 Å². The molecule has 0 radical (unpaired) electrons. The zero-order chi connectivity index (χ0) is 16.0. The molecule has 0 bridgehead atoms. The van der Waals surface area contributed by atoms with Gasteiger partial charge in [-0.1, -0.05) is 6.07 Å². The van der Waals surface area contributed by atoms with Gasteiger partial charge in [-0.25, -0.2) is 0 Å². The van der Waals surface area contributed by atoms with Crippen LogP contribution < -0.4 is 16.4 Å². The standard InChI is InChI=1S/C16H25N3O2/c1-10(2)18-16(21)14-9-13(7-5-11(14)3)19-15(20)8-6-12(4)17/h5,7,9-10,12H,6,8,17H2,1-4H3,(H,18,21)(H,19,20). The van der Waals surface area contributed by atoms with Crippen molar-refractivity contribution in [2.45, 2.75) is 52.6 Å². The molecule has 5 heteroatoms. The first-order chi connectivity index (χ1) is 9.79. The minimum Gasteiger partial charge on any atom is -0.350 e.